The predicted octanol–water partition coefficient (Wildman–Crippen LogP) is 1.64. The maximum atomic E-state index is 5.63. The number of aromatic nitrogens is 2. The summed E-state index contributed by atoms with van der Waals surface area (Å²) in [5, 5.41) is 7.19. The van der Waals surface area contributed by atoms with Gasteiger partial charge in [-0.2, -0.15) is 4.98 Å². The van der Waals surface area contributed by atoms with Gasteiger partial charge in [-0.05, 0) is 45.7 Å². The highest BCUT2D eigenvalue weighted by Gasteiger charge is 2.40. The molecule has 5 heteroatoms. The summed E-state index contributed by atoms with van der Waals surface area (Å²) in [6.07, 6.45) is 6.19. The van der Waals surface area contributed by atoms with Gasteiger partial charge >= 0.3 is 0 Å². The number of methoxy groups -OCH3 is 1. The van der Waals surface area contributed by atoms with Crippen molar-refractivity contribution >= 4 is 0 Å². The number of hydrogen-bond acceptors (Lipinski definition) is 5. The lowest BCUT2D eigenvalue weighted by Gasteiger charge is -2.22. The molecule has 0 aromatic carbocycles. The van der Waals surface area contributed by atoms with Crippen LogP contribution >= 0.6 is 0 Å². The first kappa shape index (κ1) is 12.5. The molecule has 1 aromatic rings. The smallest absolute Gasteiger partial charge is 0.226 e. The average Bonchev–Trinajstić information content (AvgIpc) is 2.98. The first-order chi connectivity index (χ1) is 8.30. The second-order valence-corrected chi connectivity index (χ2v) is 4.62. The molecular formula is C12H21N3O2. The van der Waals surface area contributed by atoms with Gasteiger partial charge < -0.3 is 14.6 Å². The van der Waals surface area contributed by atoms with Crippen molar-refractivity contribution in [1.82, 2.24) is 15.5 Å². The van der Waals surface area contributed by atoms with E-state index in [1.165, 1.54) is 12.8 Å². The molecule has 1 heterocycles. The van der Waals surface area contributed by atoms with Crippen LogP contribution < -0.4 is 5.32 Å². The molecule has 1 aliphatic carbocycles. The summed E-state index contributed by atoms with van der Waals surface area (Å²) < 4.78 is 10.9. The fourth-order valence-corrected chi connectivity index (χ4v) is 2.42. The Hall–Kier alpha value is -0.940. The molecule has 1 saturated carbocycles. The number of aryl methyl sites for hydroxylation is 1. The van der Waals surface area contributed by atoms with Crippen LogP contribution in [0.1, 0.15) is 43.8 Å². The van der Waals surface area contributed by atoms with Gasteiger partial charge in [0.25, 0.3) is 0 Å². The third-order valence-electron chi connectivity index (χ3n) is 3.49. The number of nitrogens with zero attached hydrogens (tertiary/aromatic N) is 2. The molecule has 0 unspecified atom stereocenters. The van der Waals surface area contributed by atoms with Gasteiger partial charge in [0.15, 0.2) is 0 Å². The van der Waals surface area contributed by atoms with Crippen LogP contribution in [0.2, 0.25) is 0 Å². The Bertz CT molecular complexity index is 345. The molecule has 0 bridgehead atoms. The van der Waals surface area contributed by atoms with Gasteiger partial charge in [0, 0.05) is 13.5 Å². The van der Waals surface area contributed by atoms with E-state index in [0.29, 0.717) is 0 Å². The molecule has 0 spiro atoms. The molecule has 0 amide bonds. The molecule has 0 aliphatic heterocycles. The Morgan fingerprint density at radius 1 is 1.41 bits per heavy atom. The van der Waals surface area contributed by atoms with Crippen LogP contribution in [0, 0.1) is 0 Å². The lowest BCUT2D eigenvalue weighted by atomic mass is 10.0. The lowest BCUT2D eigenvalue weighted by Crippen LogP contribution is -2.26. The van der Waals surface area contributed by atoms with Crippen LogP contribution in [0.4, 0.5) is 0 Å². The monoisotopic (exact) mass is 239 g/mol. The molecule has 1 N–H and O–H groups in total. The second-order valence-electron chi connectivity index (χ2n) is 4.62. The van der Waals surface area contributed by atoms with Crippen molar-refractivity contribution < 1.29 is 9.26 Å². The summed E-state index contributed by atoms with van der Waals surface area (Å²) in [4.78, 5) is 4.48. The van der Waals surface area contributed by atoms with Crippen LogP contribution in [0.15, 0.2) is 4.52 Å². The largest absolute Gasteiger partial charge is 0.370 e. The first-order valence-electron chi connectivity index (χ1n) is 6.33. The zero-order valence-corrected chi connectivity index (χ0v) is 10.7. The SMILES string of the molecule is CNCCCc1nc(C2(OC)CCCC2)no1. The number of ether oxygens (including phenoxy) is 1. The molecule has 1 aromatic heterocycles. The maximum Gasteiger partial charge on any atom is 0.226 e. The minimum absolute atomic E-state index is 0.287. The standard InChI is InChI=1S/C12H21N3O2/c1-13-9-5-6-10-14-11(15-17-10)12(16-2)7-3-4-8-12/h13H,3-9H2,1-2H3. The maximum absolute atomic E-state index is 5.63. The Morgan fingerprint density at radius 2 is 2.18 bits per heavy atom. The van der Waals surface area contributed by atoms with Gasteiger partial charge in [-0.3, -0.25) is 0 Å². The Kier molecular flexibility index (Phi) is 4.12. The summed E-state index contributed by atoms with van der Waals surface area (Å²) in [5.74, 6) is 1.45. The van der Waals surface area contributed by atoms with E-state index in [4.69, 9.17) is 9.26 Å². The van der Waals surface area contributed by atoms with Crippen molar-refractivity contribution in [3.8, 4) is 0 Å². The summed E-state index contributed by atoms with van der Waals surface area (Å²) in [5.41, 5.74) is -0.287. The van der Waals surface area contributed by atoms with Gasteiger partial charge in [0.05, 0.1) is 0 Å². The van der Waals surface area contributed by atoms with Crippen LogP contribution in [-0.2, 0) is 16.8 Å². The quantitative estimate of drug-likeness (QED) is 0.765. The van der Waals surface area contributed by atoms with Gasteiger partial charge in [0.2, 0.25) is 11.7 Å². The van der Waals surface area contributed by atoms with Crippen molar-refractivity contribution in [1.29, 1.82) is 0 Å². The molecule has 0 saturated heterocycles. The highest BCUT2D eigenvalue weighted by molar-refractivity contribution is 5.04. The molecule has 0 atom stereocenters. The van der Waals surface area contributed by atoms with Crippen molar-refractivity contribution in [3.63, 3.8) is 0 Å². The Balaban J connectivity index is 2.01. The fourth-order valence-electron chi connectivity index (χ4n) is 2.42. The van der Waals surface area contributed by atoms with Gasteiger partial charge in [-0.15, -0.1) is 0 Å². The van der Waals surface area contributed by atoms with E-state index < -0.39 is 0 Å². The summed E-state index contributed by atoms with van der Waals surface area (Å²) in [7, 11) is 3.68. The number of nitrogens with one attached hydrogen (secondary N) is 1. The van der Waals surface area contributed by atoms with Gasteiger partial charge in [-0.1, -0.05) is 5.16 Å². The van der Waals surface area contributed by atoms with E-state index in [0.717, 1.165) is 43.9 Å². The lowest BCUT2D eigenvalue weighted by molar-refractivity contribution is -0.0178. The second kappa shape index (κ2) is 5.60. The van der Waals surface area contributed by atoms with Crippen LogP contribution in [0.3, 0.4) is 0 Å². The molecule has 5 nitrogen and oxygen atoms in total. The number of hydrogen-bond donors (Lipinski definition) is 1. The highest BCUT2D eigenvalue weighted by Crippen LogP contribution is 2.40. The van der Waals surface area contributed by atoms with Crippen LogP contribution in [0.5, 0.6) is 0 Å². The Labute approximate surface area is 102 Å². The zero-order valence-electron chi connectivity index (χ0n) is 10.7. The molecular weight excluding hydrogens is 218 g/mol. The van der Waals surface area contributed by atoms with Gasteiger partial charge in [0.1, 0.15) is 5.60 Å². The number of rotatable bonds is 6. The molecule has 0 radical (unpaired) electrons. The van der Waals surface area contributed by atoms with E-state index in [9.17, 15) is 0 Å². The van der Waals surface area contributed by atoms with E-state index >= 15 is 0 Å². The average molecular weight is 239 g/mol. The fraction of sp³-hybridized carbons (Fsp3) is 0.833. The predicted molar refractivity (Wildman–Crippen MR) is 63.7 cm³/mol. The molecule has 1 fully saturated rings. The van der Waals surface area contributed by atoms with Crippen molar-refractivity contribution in [2.24, 2.45) is 0 Å². The van der Waals surface area contributed by atoms with E-state index in [1.54, 1.807) is 7.11 Å². The highest BCUT2D eigenvalue weighted by atomic mass is 16.5. The van der Waals surface area contributed by atoms with E-state index in [1.807, 2.05) is 7.05 Å². The minimum atomic E-state index is -0.287. The minimum Gasteiger partial charge on any atom is -0.370 e. The topological polar surface area (TPSA) is 60.2 Å². The third kappa shape index (κ3) is 2.66. The summed E-state index contributed by atoms with van der Waals surface area (Å²) in [6.45, 7) is 0.965. The zero-order chi connectivity index (χ0) is 12.1. The molecule has 96 valence electrons. The van der Waals surface area contributed by atoms with E-state index in [2.05, 4.69) is 15.5 Å². The van der Waals surface area contributed by atoms with Crippen molar-refractivity contribution in [2.75, 3.05) is 20.7 Å². The molecule has 2 rings (SSSR count). The third-order valence-corrected chi connectivity index (χ3v) is 3.49. The summed E-state index contributed by atoms with van der Waals surface area (Å²) in [6, 6.07) is 0. The summed E-state index contributed by atoms with van der Waals surface area (Å²) >= 11 is 0. The molecule has 17 heavy (non-hydrogen) atoms. The van der Waals surface area contributed by atoms with Gasteiger partial charge in [-0.25, -0.2) is 0 Å². The van der Waals surface area contributed by atoms with E-state index in [-0.39, 0.29) is 5.60 Å². The van der Waals surface area contributed by atoms with Crippen LogP contribution in [-0.4, -0.2) is 30.8 Å². The normalized spacial score (nSPS) is 18.7. The first-order valence-corrected chi connectivity index (χ1v) is 6.33. The van der Waals surface area contributed by atoms with Crippen molar-refractivity contribution in [3.05, 3.63) is 11.7 Å². The van der Waals surface area contributed by atoms with Crippen LogP contribution in [0.25, 0.3) is 0 Å². The van der Waals surface area contributed by atoms with Crippen molar-refractivity contribution in [2.45, 2.75) is 44.1 Å². The Morgan fingerprint density at radius 3 is 2.82 bits per heavy atom. The molecule has 1 aliphatic rings.